The van der Waals surface area contributed by atoms with Crippen LogP contribution in [0.5, 0.6) is 17.2 Å². The van der Waals surface area contributed by atoms with Crippen LogP contribution in [0.1, 0.15) is 31.1 Å². The van der Waals surface area contributed by atoms with E-state index < -0.39 is 0 Å². The molecule has 2 amide bonds. The highest BCUT2D eigenvalue weighted by Gasteiger charge is 2.24. The minimum Gasteiger partial charge on any atom is -0.493 e. The molecule has 0 radical (unpaired) electrons. The Balaban J connectivity index is 2.15. The third-order valence-electron chi connectivity index (χ3n) is 3.32. The summed E-state index contributed by atoms with van der Waals surface area (Å²) < 4.78 is 16.3. The molecule has 0 bridgehead atoms. The van der Waals surface area contributed by atoms with Gasteiger partial charge in [-0.25, -0.2) is 0 Å². The number of likely N-dealkylation sites (N-methyl/N-ethyl adjacent to an activating group) is 1. The summed E-state index contributed by atoms with van der Waals surface area (Å²) in [4.78, 5) is 25.9. The van der Waals surface area contributed by atoms with Crippen LogP contribution in [0.2, 0.25) is 0 Å². The summed E-state index contributed by atoms with van der Waals surface area (Å²) in [6.07, 6.45) is 0. The van der Waals surface area contributed by atoms with Crippen molar-refractivity contribution in [1.29, 1.82) is 0 Å². The Morgan fingerprint density at radius 2 is 1.92 bits per heavy atom. The quantitative estimate of drug-likeness (QED) is 0.900. The second-order valence-corrected chi connectivity index (χ2v) is 6.66. The Morgan fingerprint density at radius 3 is 2.54 bits per heavy atom. The summed E-state index contributed by atoms with van der Waals surface area (Å²) in [6.45, 7) is 6.48. The van der Waals surface area contributed by atoms with Crippen molar-refractivity contribution in [3.63, 3.8) is 0 Å². The predicted molar refractivity (Wildman–Crippen MR) is 88.8 cm³/mol. The summed E-state index contributed by atoms with van der Waals surface area (Å²) >= 11 is 0. The van der Waals surface area contributed by atoms with Gasteiger partial charge < -0.3 is 24.4 Å². The van der Waals surface area contributed by atoms with E-state index in [2.05, 4.69) is 5.32 Å². The molecule has 0 aliphatic carbocycles. The van der Waals surface area contributed by atoms with Gasteiger partial charge in [-0.05, 0) is 32.9 Å². The maximum absolute atomic E-state index is 12.6. The number of methoxy groups -OCH3 is 1. The van der Waals surface area contributed by atoms with E-state index in [0.29, 0.717) is 36.0 Å². The standard InChI is InChI=1S/C17H24N2O5/c1-17(2,3)18-14(20)10-19(4)16(21)11-8-12(22-5)15-13(9-11)23-6-7-24-15/h8-9H,6-7,10H2,1-5H3,(H,18,20). The number of carbonyl (C=O) groups excluding carboxylic acids is 2. The van der Waals surface area contributed by atoms with Gasteiger partial charge in [-0.3, -0.25) is 9.59 Å². The van der Waals surface area contributed by atoms with E-state index in [0.717, 1.165) is 0 Å². The Bertz CT molecular complexity index is 619. The number of hydrogen-bond acceptors (Lipinski definition) is 5. The van der Waals surface area contributed by atoms with Crippen molar-refractivity contribution in [2.24, 2.45) is 0 Å². The molecule has 1 aromatic rings. The van der Waals surface area contributed by atoms with Crippen molar-refractivity contribution >= 4 is 11.8 Å². The predicted octanol–water partition coefficient (Wildman–Crippen LogP) is 1.45. The number of amides is 2. The second-order valence-electron chi connectivity index (χ2n) is 6.66. The zero-order valence-corrected chi connectivity index (χ0v) is 14.8. The summed E-state index contributed by atoms with van der Waals surface area (Å²) in [7, 11) is 3.08. The summed E-state index contributed by atoms with van der Waals surface area (Å²) in [5.41, 5.74) is 0.0310. The molecule has 0 saturated heterocycles. The number of benzene rings is 1. The molecule has 7 nitrogen and oxygen atoms in total. The number of nitrogens with zero attached hydrogens (tertiary/aromatic N) is 1. The van der Waals surface area contributed by atoms with Crippen LogP contribution in [0.15, 0.2) is 12.1 Å². The summed E-state index contributed by atoms with van der Waals surface area (Å²) in [5, 5.41) is 2.83. The third kappa shape index (κ3) is 4.31. The highest BCUT2D eigenvalue weighted by molar-refractivity contribution is 5.97. The van der Waals surface area contributed by atoms with Gasteiger partial charge in [-0.2, -0.15) is 0 Å². The van der Waals surface area contributed by atoms with Crippen LogP contribution in [0, 0.1) is 0 Å². The lowest BCUT2D eigenvalue weighted by Crippen LogP contribution is -2.46. The van der Waals surface area contributed by atoms with Crippen molar-refractivity contribution in [2.45, 2.75) is 26.3 Å². The smallest absolute Gasteiger partial charge is 0.254 e. The lowest BCUT2D eigenvalue weighted by atomic mass is 10.1. The number of fused-ring (bicyclic) bond motifs is 1. The molecule has 132 valence electrons. The summed E-state index contributed by atoms with van der Waals surface area (Å²) in [5.74, 6) is 0.880. The largest absolute Gasteiger partial charge is 0.493 e. The molecule has 1 aliphatic heterocycles. The first-order valence-electron chi connectivity index (χ1n) is 7.75. The highest BCUT2D eigenvalue weighted by Crippen LogP contribution is 2.40. The van der Waals surface area contributed by atoms with E-state index in [-0.39, 0.29) is 23.9 Å². The van der Waals surface area contributed by atoms with Gasteiger partial charge in [0.05, 0.1) is 13.7 Å². The Hall–Kier alpha value is -2.44. The van der Waals surface area contributed by atoms with Gasteiger partial charge >= 0.3 is 0 Å². The molecule has 0 fully saturated rings. The molecular weight excluding hydrogens is 312 g/mol. The topological polar surface area (TPSA) is 77.1 Å². The molecule has 1 aliphatic rings. The van der Waals surface area contributed by atoms with Gasteiger partial charge in [0.2, 0.25) is 11.7 Å². The number of carbonyl (C=O) groups is 2. The first-order chi connectivity index (χ1) is 11.2. The molecular formula is C17H24N2O5. The van der Waals surface area contributed by atoms with Crippen LogP contribution < -0.4 is 19.5 Å². The van der Waals surface area contributed by atoms with Gasteiger partial charge in [-0.1, -0.05) is 0 Å². The molecule has 0 unspecified atom stereocenters. The van der Waals surface area contributed by atoms with Gasteiger partial charge in [0, 0.05) is 18.2 Å². The number of hydrogen-bond donors (Lipinski definition) is 1. The van der Waals surface area contributed by atoms with E-state index in [9.17, 15) is 9.59 Å². The molecule has 1 aromatic carbocycles. The number of nitrogens with one attached hydrogen (secondary N) is 1. The number of rotatable bonds is 4. The molecule has 2 rings (SSSR count). The van der Waals surface area contributed by atoms with Crippen LogP contribution in [0.25, 0.3) is 0 Å². The van der Waals surface area contributed by atoms with Crippen LogP contribution in [-0.2, 0) is 4.79 Å². The molecule has 24 heavy (non-hydrogen) atoms. The van der Waals surface area contributed by atoms with Gasteiger partial charge in [0.1, 0.15) is 13.2 Å². The minimum absolute atomic E-state index is 0.0349. The number of ether oxygens (including phenoxy) is 3. The molecule has 0 spiro atoms. The van der Waals surface area contributed by atoms with Crippen molar-refractivity contribution in [3.05, 3.63) is 17.7 Å². The van der Waals surface area contributed by atoms with Crippen LogP contribution in [0.3, 0.4) is 0 Å². The third-order valence-corrected chi connectivity index (χ3v) is 3.32. The van der Waals surface area contributed by atoms with Crippen LogP contribution >= 0.6 is 0 Å². The van der Waals surface area contributed by atoms with Crippen LogP contribution in [-0.4, -0.2) is 56.2 Å². The lowest BCUT2D eigenvalue weighted by Gasteiger charge is -2.24. The first kappa shape index (κ1) is 17.9. The second kappa shape index (κ2) is 6.98. The van der Waals surface area contributed by atoms with Gasteiger partial charge in [-0.15, -0.1) is 0 Å². The molecule has 0 aromatic heterocycles. The van der Waals surface area contributed by atoms with Gasteiger partial charge in [0.25, 0.3) is 5.91 Å². The fraction of sp³-hybridized carbons (Fsp3) is 0.529. The van der Waals surface area contributed by atoms with Crippen molar-refractivity contribution in [2.75, 3.05) is 33.9 Å². The van der Waals surface area contributed by atoms with Crippen molar-refractivity contribution in [3.8, 4) is 17.2 Å². The fourth-order valence-corrected chi connectivity index (χ4v) is 2.36. The van der Waals surface area contributed by atoms with Crippen LogP contribution in [0.4, 0.5) is 0 Å². The van der Waals surface area contributed by atoms with E-state index in [1.165, 1.54) is 12.0 Å². The maximum Gasteiger partial charge on any atom is 0.254 e. The highest BCUT2D eigenvalue weighted by atomic mass is 16.6. The minimum atomic E-state index is -0.346. The maximum atomic E-state index is 12.6. The average Bonchev–Trinajstić information content (AvgIpc) is 2.51. The summed E-state index contributed by atoms with van der Waals surface area (Å²) in [6, 6.07) is 3.20. The normalized spacial score (nSPS) is 13.2. The zero-order valence-electron chi connectivity index (χ0n) is 14.8. The van der Waals surface area contributed by atoms with E-state index in [1.807, 2.05) is 20.8 Å². The average molecular weight is 336 g/mol. The van der Waals surface area contributed by atoms with E-state index in [1.54, 1.807) is 19.2 Å². The van der Waals surface area contributed by atoms with Gasteiger partial charge in [0.15, 0.2) is 11.5 Å². The molecule has 1 N–H and O–H groups in total. The van der Waals surface area contributed by atoms with Crippen molar-refractivity contribution in [1.82, 2.24) is 10.2 Å². The van der Waals surface area contributed by atoms with E-state index in [4.69, 9.17) is 14.2 Å². The Kier molecular flexibility index (Phi) is 5.21. The Morgan fingerprint density at radius 1 is 1.25 bits per heavy atom. The Labute approximate surface area is 141 Å². The first-order valence-corrected chi connectivity index (χ1v) is 7.75. The molecule has 7 heteroatoms. The molecule has 0 saturated carbocycles. The molecule has 1 heterocycles. The molecule has 0 atom stereocenters. The van der Waals surface area contributed by atoms with E-state index >= 15 is 0 Å². The monoisotopic (exact) mass is 336 g/mol. The zero-order chi connectivity index (χ0) is 17.9. The fourth-order valence-electron chi connectivity index (χ4n) is 2.36. The lowest BCUT2D eigenvalue weighted by molar-refractivity contribution is -0.122. The SMILES string of the molecule is COc1cc(C(=O)N(C)CC(=O)NC(C)(C)C)cc2c1OCCO2. The van der Waals surface area contributed by atoms with Crippen molar-refractivity contribution < 1.29 is 23.8 Å².